The topological polar surface area (TPSA) is 76.0 Å². The molecule has 1 aromatic carbocycles. The molecule has 1 atom stereocenters. The van der Waals surface area contributed by atoms with Crippen LogP contribution in [-0.4, -0.2) is 37.6 Å². The summed E-state index contributed by atoms with van der Waals surface area (Å²) >= 11 is 0. The second-order valence-electron chi connectivity index (χ2n) is 5.30. The average Bonchev–Trinajstić information content (AvgIpc) is 3.13. The average molecular weight is 458 g/mol. The number of hydrogen-bond acceptors (Lipinski definition) is 4. The van der Waals surface area contributed by atoms with Gasteiger partial charge in [-0.25, -0.2) is 0 Å². The number of likely N-dealkylation sites (N-methyl/N-ethyl adjacent to an activating group) is 1. The lowest BCUT2D eigenvalue weighted by Gasteiger charge is -2.26. The summed E-state index contributed by atoms with van der Waals surface area (Å²) in [5.41, 5.74) is 6.84. The molecule has 0 aliphatic rings. The standard InChI is InChI=1S/C18H26N4O2.HI/c1-4-22(5-2)15(17-11-8-12-24-17)13-20-18(19)21-14-9-6-7-10-16(14)23-3;/h6-12,15H,4-5,13H2,1-3H3,(H3,19,20,21);1H. The van der Waals surface area contributed by atoms with Gasteiger partial charge in [-0.2, -0.15) is 0 Å². The van der Waals surface area contributed by atoms with Crippen LogP contribution >= 0.6 is 24.0 Å². The number of nitrogens with zero attached hydrogens (tertiary/aromatic N) is 2. The first-order valence-corrected chi connectivity index (χ1v) is 8.17. The molecular weight excluding hydrogens is 431 g/mol. The maximum atomic E-state index is 6.05. The van der Waals surface area contributed by atoms with Crippen molar-refractivity contribution >= 4 is 35.6 Å². The molecule has 0 amide bonds. The minimum atomic E-state index is 0. The third-order valence-corrected chi connectivity index (χ3v) is 3.93. The molecule has 1 heterocycles. The number of rotatable bonds is 8. The van der Waals surface area contributed by atoms with E-state index in [1.807, 2.05) is 36.4 Å². The quantitative estimate of drug-likeness (QED) is 0.358. The van der Waals surface area contributed by atoms with Crippen molar-refractivity contribution in [3.05, 3.63) is 48.4 Å². The Hall–Kier alpha value is -1.74. The van der Waals surface area contributed by atoms with E-state index in [9.17, 15) is 0 Å². The van der Waals surface area contributed by atoms with Gasteiger partial charge in [0, 0.05) is 0 Å². The Kier molecular flexibility index (Phi) is 9.36. The minimum absolute atomic E-state index is 0. The van der Waals surface area contributed by atoms with Gasteiger partial charge in [-0.3, -0.25) is 9.89 Å². The summed E-state index contributed by atoms with van der Waals surface area (Å²) in [6.45, 7) is 6.59. The fourth-order valence-electron chi connectivity index (χ4n) is 2.64. The molecule has 7 heteroatoms. The number of methoxy groups -OCH3 is 1. The summed E-state index contributed by atoms with van der Waals surface area (Å²) in [4.78, 5) is 6.78. The van der Waals surface area contributed by atoms with Crippen LogP contribution in [-0.2, 0) is 0 Å². The van der Waals surface area contributed by atoms with Crippen LogP contribution in [0.25, 0.3) is 0 Å². The number of nitrogens with one attached hydrogen (secondary N) is 1. The molecule has 0 aliphatic heterocycles. The fourth-order valence-corrected chi connectivity index (χ4v) is 2.64. The number of aliphatic imine (C=N–C) groups is 1. The Bertz CT molecular complexity index is 642. The van der Waals surface area contributed by atoms with E-state index in [4.69, 9.17) is 14.9 Å². The number of furan rings is 1. The molecular formula is C18H27IN4O2. The van der Waals surface area contributed by atoms with Crippen LogP contribution in [0, 0.1) is 0 Å². The predicted molar refractivity (Wildman–Crippen MR) is 113 cm³/mol. The van der Waals surface area contributed by atoms with Crippen LogP contribution in [0.5, 0.6) is 5.75 Å². The molecule has 0 spiro atoms. The zero-order chi connectivity index (χ0) is 17.4. The van der Waals surface area contributed by atoms with E-state index in [2.05, 4.69) is 29.1 Å². The number of hydrogen-bond donors (Lipinski definition) is 2. The van der Waals surface area contributed by atoms with Crippen LogP contribution in [0.2, 0.25) is 0 Å². The molecule has 1 unspecified atom stereocenters. The van der Waals surface area contributed by atoms with Gasteiger partial charge in [0.05, 0.1) is 31.6 Å². The first-order chi connectivity index (χ1) is 11.7. The summed E-state index contributed by atoms with van der Waals surface area (Å²) in [6.07, 6.45) is 1.69. The summed E-state index contributed by atoms with van der Waals surface area (Å²) in [7, 11) is 1.63. The molecule has 0 saturated heterocycles. The maximum Gasteiger partial charge on any atom is 0.193 e. The second kappa shape index (κ2) is 11.0. The zero-order valence-electron chi connectivity index (χ0n) is 14.9. The number of nitrogens with two attached hydrogens (primary N) is 1. The lowest BCUT2D eigenvalue weighted by Crippen LogP contribution is -2.31. The van der Waals surface area contributed by atoms with E-state index < -0.39 is 0 Å². The molecule has 0 aliphatic carbocycles. The normalized spacial score (nSPS) is 12.6. The van der Waals surface area contributed by atoms with Crippen LogP contribution in [0.4, 0.5) is 5.69 Å². The van der Waals surface area contributed by atoms with Gasteiger partial charge in [0.1, 0.15) is 11.5 Å². The van der Waals surface area contributed by atoms with Crippen molar-refractivity contribution in [2.24, 2.45) is 10.7 Å². The van der Waals surface area contributed by atoms with Crippen LogP contribution in [0.15, 0.2) is 52.1 Å². The Morgan fingerprint density at radius 2 is 1.96 bits per heavy atom. The number of ether oxygens (including phenoxy) is 1. The van der Waals surface area contributed by atoms with Gasteiger partial charge >= 0.3 is 0 Å². The molecule has 0 bridgehead atoms. The van der Waals surface area contributed by atoms with Crippen molar-refractivity contribution in [1.29, 1.82) is 0 Å². The highest BCUT2D eigenvalue weighted by atomic mass is 127. The van der Waals surface area contributed by atoms with Gasteiger partial charge in [-0.15, -0.1) is 24.0 Å². The third-order valence-electron chi connectivity index (χ3n) is 3.93. The molecule has 0 fully saturated rings. The van der Waals surface area contributed by atoms with Crippen molar-refractivity contribution < 1.29 is 9.15 Å². The second-order valence-corrected chi connectivity index (χ2v) is 5.30. The molecule has 6 nitrogen and oxygen atoms in total. The highest BCUT2D eigenvalue weighted by Gasteiger charge is 2.20. The van der Waals surface area contributed by atoms with Crippen LogP contribution in [0.1, 0.15) is 25.6 Å². The molecule has 3 N–H and O–H groups in total. The predicted octanol–water partition coefficient (Wildman–Crippen LogP) is 3.72. The molecule has 2 rings (SSSR count). The van der Waals surface area contributed by atoms with E-state index in [0.29, 0.717) is 12.5 Å². The number of para-hydroxylation sites is 2. The number of benzene rings is 1. The molecule has 25 heavy (non-hydrogen) atoms. The Morgan fingerprint density at radius 3 is 2.56 bits per heavy atom. The SMILES string of the molecule is CCN(CC)C(CN=C(N)Nc1ccccc1OC)c1ccco1.I. The van der Waals surface area contributed by atoms with E-state index >= 15 is 0 Å². The fraction of sp³-hybridized carbons (Fsp3) is 0.389. The van der Waals surface area contributed by atoms with Crippen LogP contribution in [0.3, 0.4) is 0 Å². The minimum Gasteiger partial charge on any atom is -0.495 e. The summed E-state index contributed by atoms with van der Waals surface area (Å²) < 4.78 is 10.9. The molecule has 0 radical (unpaired) electrons. The molecule has 2 aromatic rings. The molecule has 0 saturated carbocycles. The van der Waals surface area contributed by atoms with Gasteiger partial charge in [-0.05, 0) is 37.4 Å². The Balaban J connectivity index is 0.00000312. The number of guanidine groups is 1. The van der Waals surface area contributed by atoms with Crippen LogP contribution < -0.4 is 15.8 Å². The first kappa shape index (κ1) is 21.3. The van der Waals surface area contributed by atoms with Crippen molar-refractivity contribution in [1.82, 2.24) is 4.90 Å². The zero-order valence-corrected chi connectivity index (χ0v) is 17.3. The molecule has 1 aromatic heterocycles. The summed E-state index contributed by atoms with van der Waals surface area (Å²) in [5, 5.41) is 3.09. The van der Waals surface area contributed by atoms with E-state index in [-0.39, 0.29) is 30.0 Å². The van der Waals surface area contributed by atoms with E-state index in [1.54, 1.807) is 13.4 Å². The molecule has 138 valence electrons. The lowest BCUT2D eigenvalue weighted by molar-refractivity contribution is 0.198. The highest BCUT2D eigenvalue weighted by molar-refractivity contribution is 14.0. The largest absolute Gasteiger partial charge is 0.495 e. The Morgan fingerprint density at radius 1 is 1.24 bits per heavy atom. The van der Waals surface area contributed by atoms with Gasteiger partial charge in [0.15, 0.2) is 5.96 Å². The monoisotopic (exact) mass is 458 g/mol. The smallest absolute Gasteiger partial charge is 0.193 e. The first-order valence-electron chi connectivity index (χ1n) is 8.17. The highest BCUT2D eigenvalue weighted by Crippen LogP contribution is 2.23. The van der Waals surface area contributed by atoms with Crippen molar-refractivity contribution in [3.8, 4) is 5.75 Å². The van der Waals surface area contributed by atoms with Gasteiger partial charge < -0.3 is 20.2 Å². The Labute approximate surface area is 166 Å². The van der Waals surface area contributed by atoms with E-state index in [0.717, 1.165) is 30.3 Å². The van der Waals surface area contributed by atoms with E-state index in [1.165, 1.54) is 0 Å². The number of anilines is 1. The lowest BCUT2D eigenvalue weighted by atomic mass is 10.2. The maximum absolute atomic E-state index is 6.05. The number of halogens is 1. The van der Waals surface area contributed by atoms with Crippen molar-refractivity contribution in [2.75, 3.05) is 32.1 Å². The van der Waals surface area contributed by atoms with Crippen molar-refractivity contribution in [3.63, 3.8) is 0 Å². The van der Waals surface area contributed by atoms with Crippen molar-refractivity contribution in [2.45, 2.75) is 19.9 Å². The third kappa shape index (κ3) is 5.93. The van der Waals surface area contributed by atoms with Gasteiger partial charge in [0.25, 0.3) is 0 Å². The van der Waals surface area contributed by atoms with Gasteiger partial charge in [-0.1, -0.05) is 26.0 Å². The van der Waals surface area contributed by atoms with Gasteiger partial charge in [0.2, 0.25) is 0 Å². The summed E-state index contributed by atoms with van der Waals surface area (Å²) in [5.74, 6) is 1.97. The summed E-state index contributed by atoms with van der Waals surface area (Å²) in [6, 6.07) is 11.5.